The van der Waals surface area contributed by atoms with E-state index in [0.29, 0.717) is 5.56 Å². The monoisotopic (exact) mass is 403 g/mol. The second-order valence-corrected chi connectivity index (χ2v) is 8.16. The molecule has 0 atom stereocenters. The molecule has 0 saturated heterocycles. The van der Waals surface area contributed by atoms with E-state index in [-0.39, 0.29) is 12.1 Å². The Bertz CT molecular complexity index is 1150. The maximum Gasteiger partial charge on any atom is 0.338 e. The number of nitrogens with one attached hydrogen (secondary N) is 1. The van der Waals surface area contributed by atoms with Gasteiger partial charge in [-0.2, -0.15) is 0 Å². The van der Waals surface area contributed by atoms with Crippen LogP contribution in [0.1, 0.15) is 29.1 Å². The van der Waals surface area contributed by atoms with Gasteiger partial charge in [-0.05, 0) is 50.6 Å². The number of hydrogen-bond donors (Lipinski definition) is 1. The van der Waals surface area contributed by atoms with Crippen LogP contribution in [-0.2, 0) is 4.74 Å². The number of esters is 1. The van der Waals surface area contributed by atoms with E-state index >= 15 is 0 Å². The molecule has 0 aliphatic carbocycles. The van der Waals surface area contributed by atoms with Crippen LogP contribution in [0.5, 0.6) is 0 Å². The number of anilines is 2. The normalized spacial score (nSPS) is 11.0. The Morgan fingerprint density at radius 1 is 1.03 bits per heavy atom. The lowest BCUT2D eigenvalue weighted by molar-refractivity contribution is 0.0378. The minimum atomic E-state index is -0.323. The van der Waals surface area contributed by atoms with Crippen LogP contribution >= 0.6 is 11.3 Å². The van der Waals surface area contributed by atoms with Crippen molar-refractivity contribution in [3.05, 3.63) is 71.4 Å². The summed E-state index contributed by atoms with van der Waals surface area (Å²) in [7, 11) is 0. The Labute approximate surface area is 173 Å². The summed E-state index contributed by atoms with van der Waals surface area (Å²) in [5, 5.41) is 4.38. The van der Waals surface area contributed by atoms with Gasteiger partial charge in [0, 0.05) is 16.1 Å². The standard InChI is InChI=1S/C23H21N3O2S/c1-14(2)28-23(27)17-9-11-18(12-10-17)26-21-20-19(16-7-5-4-6-8-16)15(3)29-22(20)25-13-24-21/h4-14H,1-3H3,(H,24,25,26). The van der Waals surface area contributed by atoms with Crippen molar-refractivity contribution in [3.63, 3.8) is 0 Å². The first kappa shape index (κ1) is 19.1. The lowest BCUT2D eigenvalue weighted by Crippen LogP contribution is -2.11. The second kappa shape index (κ2) is 8.01. The minimum Gasteiger partial charge on any atom is -0.459 e. The molecule has 0 fully saturated rings. The number of carbonyl (C=O) groups excluding carboxylic acids is 1. The van der Waals surface area contributed by atoms with Crippen molar-refractivity contribution in [2.75, 3.05) is 5.32 Å². The number of benzene rings is 2. The fourth-order valence-corrected chi connectivity index (χ4v) is 4.21. The van der Waals surface area contributed by atoms with Gasteiger partial charge in [0.05, 0.1) is 17.1 Å². The molecule has 0 spiro atoms. The predicted octanol–water partition coefficient (Wildman–Crippen LogP) is 5.98. The summed E-state index contributed by atoms with van der Waals surface area (Å²) in [6.45, 7) is 5.77. The Morgan fingerprint density at radius 2 is 1.76 bits per heavy atom. The highest BCUT2D eigenvalue weighted by Crippen LogP contribution is 2.40. The molecule has 0 unspecified atom stereocenters. The zero-order valence-electron chi connectivity index (χ0n) is 16.5. The van der Waals surface area contributed by atoms with Crippen LogP contribution in [0, 0.1) is 6.92 Å². The molecule has 2 aromatic carbocycles. The average molecular weight is 404 g/mol. The molecular weight excluding hydrogens is 382 g/mol. The fourth-order valence-electron chi connectivity index (χ4n) is 3.20. The van der Waals surface area contributed by atoms with Gasteiger partial charge in [-0.25, -0.2) is 14.8 Å². The van der Waals surface area contributed by atoms with Gasteiger partial charge in [0.2, 0.25) is 0 Å². The molecular formula is C23H21N3O2S. The Kier molecular flexibility index (Phi) is 5.27. The van der Waals surface area contributed by atoms with Crippen molar-refractivity contribution < 1.29 is 9.53 Å². The third kappa shape index (κ3) is 3.98. The number of ether oxygens (including phenoxy) is 1. The molecule has 4 aromatic rings. The van der Waals surface area contributed by atoms with Crippen molar-refractivity contribution >= 4 is 39.0 Å². The van der Waals surface area contributed by atoms with Crippen molar-refractivity contribution in [1.29, 1.82) is 0 Å². The van der Waals surface area contributed by atoms with Crippen molar-refractivity contribution in [1.82, 2.24) is 9.97 Å². The predicted molar refractivity (Wildman–Crippen MR) is 118 cm³/mol. The molecule has 1 N–H and O–H groups in total. The lowest BCUT2D eigenvalue weighted by atomic mass is 10.0. The summed E-state index contributed by atoms with van der Waals surface area (Å²) in [4.78, 5) is 23.1. The number of carbonyl (C=O) groups is 1. The number of hydrogen-bond acceptors (Lipinski definition) is 6. The van der Waals surface area contributed by atoms with Gasteiger partial charge in [-0.3, -0.25) is 0 Å². The van der Waals surface area contributed by atoms with Gasteiger partial charge >= 0.3 is 5.97 Å². The number of aromatic nitrogens is 2. The van der Waals surface area contributed by atoms with Crippen LogP contribution in [-0.4, -0.2) is 22.0 Å². The second-order valence-electron chi connectivity index (χ2n) is 6.96. The van der Waals surface area contributed by atoms with Crippen LogP contribution in [0.25, 0.3) is 21.3 Å². The molecule has 0 saturated carbocycles. The number of aryl methyl sites for hydroxylation is 1. The number of nitrogens with zero attached hydrogens (tertiary/aromatic N) is 2. The Balaban J connectivity index is 1.69. The number of thiophene rings is 1. The van der Waals surface area contributed by atoms with E-state index in [1.807, 2.05) is 44.2 Å². The zero-order chi connectivity index (χ0) is 20.4. The first-order valence-corrected chi connectivity index (χ1v) is 10.2. The molecule has 2 aromatic heterocycles. The lowest BCUT2D eigenvalue weighted by Gasteiger charge is -2.10. The van der Waals surface area contributed by atoms with E-state index in [2.05, 4.69) is 34.3 Å². The van der Waals surface area contributed by atoms with Crippen LogP contribution in [0.15, 0.2) is 60.9 Å². The minimum absolute atomic E-state index is 0.146. The molecule has 0 radical (unpaired) electrons. The molecule has 4 rings (SSSR count). The topological polar surface area (TPSA) is 64.1 Å². The largest absolute Gasteiger partial charge is 0.459 e. The molecule has 29 heavy (non-hydrogen) atoms. The third-order valence-electron chi connectivity index (χ3n) is 4.45. The number of fused-ring (bicyclic) bond motifs is 1. The van der Waals surface area contributed by atoms with Crippen molar-refractivity contribution in [3.8, 4) is 11.1 Å². The van der Waals surface area contributed by atoms with E-state index in [1.54, 1.807) is 29.8 Å². The summed E-state index contributed by atoms with van der Waals surface area (Å²) in [6.07, 6.45) is 1.43. The molecule has 0 bridgehead atoms. The van der Waals surface area contributed by atoms with Gasteiger partial charge in [-0.1, -0.05) is 30.3 Å². The van der Waals surface area contributed by atoms with E-state index < -0.39 is 0 Å². The highest BCUT2D eigenvalue weighted by Gasteiger charge is 2.17. The SMILES string of the molecule is Cc1sc2ncnc(Nc3ccc(C(=O)OC(C)C)cc3)c2c1-c1ccccc1. The molecule has 0 amide bonds. The summed E-state index contributed by atoms with van der Waals surface area (Å²) < 4.78 is 5.24. The van der Waals surface area contributed by atoms with Crippen molar-refractivity contribution in [2.24, 2.45) is 0 Å². The quantitative estimate of drug-likeness (QED) is 0.416. The molecule has 146 valence electrons. The Hall–Kier alpha value is -3.25. The summed E-state index contributed by atoms with van der Waals surface area (Å²) >= 11 is 1.66. The van der Waals surface area contributed by atoms with Gasteiger partial charge in [0.15, 0.2) is 0 Å². The Morgan fingerprint density at radius 3 is 2.45 bits per heavy atom. The van der Waals surface area contributed by atoms with Crippen LogP contribution in [0.4, 0.5) is 11.5 Å². The maximum absolute atomic E-state index is 12.0. The molecule has 5 nitrogen and oxygen atoms in total. The summed E-state index contributed by atoms with van der Waals surface area (Å²) in [5.41, 5.74) is 3.65. The summed E-state index contributed by atoms with van der Waals surface area (Å²) in [5.74, 6) is 0.423. The average Bonchev–Trinajstić information content (AvgIpc) is 3.05. The maximum atomic E-state index is 12.0. The molecule has 6 heteroatoms. The fraction of sp³-hybridized carbons (Fsp3) is 0.174. The smallest absolute Gasteiger partial charge is 0.338 e. The van der Waals surface area contributed by atoms with E-state index in [1.165, 1.54) is 4.88 Å². The molecule has 0 aliphatic heterocycles. The highest BCUT2D eigenvalue weighted by molar-refractivity contribution is 7.19. The first-order chi connectivity index (χ1) is 14.0. The number of rotatable bonds is 5. The van der Waals surface area contributed by atoms with Crippen LogP contribution in [0.2, 0.25) is 0 Å². The van der Waals surface area contributed by atoms with Gasteiger partial charge in [-0.15, -0.1) is 11.3 Å². The van der Waals surface area contributed by atoms with Crippen LogP contribution in [0.3, 0.4) is 0 Å². The first-order valence-electron chi connectivity index (χ1n) is 9.40. The molecule has 2 heterocycles. The summed E-state index contributed by atoms with van der Waals surface area (Å²) in [6, 6.07) is 17.5. The van der Waals surface area contributed by atoms with E-state index in [4.69, 9.17) is 4.74 Å². The van der Waals surface area contributed by atoms with Crippen LogP contribution < -0.4 is 5.32 Å². The zero-order valence-corrected chi connectivity index (χ0v) is 17.3. The van der Waals surface area contributed by atoms with Gasteiger partial charge in [0.1, 0.15) is 17.0 Å². The van der Waals surface area contributed by atoms with Gasteiger partial charge in [0.25, 0.3) is 0 Å². The van der Waals surface area contributed by atoms with Crippen molar-refractivity contribution in [2.45, 2.75) is 26.9 Å². The molecule has 0 aliphatic rings. The third-order valence-corrected chi connectivity index (χ3v) is 5.47. The van der Waals surface area contributed by atoms with Gasteiger partial charge < -0.3 is 10.1 Å². The van der Waals surface area contributed by atoms with E-state index in [0.717, 1.165) is 32.8 Å². The highest BCUT2D eigenvalue weighted by atomic mass is 32.1. The van der Waals surface area contributed by atoms with E-state index in [9.17, 15) is 4.79 Å².